The van der Waals surface area contributed by atoms with E-state index in [4.69, 9.17) is 0 Å². The molecular formula is C14H24N2S. The summed E-state index contributed by atoms with van der Waals surface area (Å²) >= 11 is 1.91. The number of nitrogens with one attached hydrogen (secondary N) is 1. The van der Waals surface area contributed by atoms with Crippen LogP contribution in [0, 0.1) is 0 Å². The molecule has 0 amide bonds. The number of nitrogens with zero attached hydrogens (tertiary/aromatic N) is 1. The normalized spacial score (nSPS) is 13.0. The molecule has 0 heterocycles. The van der Waals surface area contributed by atoms with Crippen molar-refractivity contribution < 1.29 is 0 Å². The van der Waals surface area contributed by atoms with Crippen molar-refractivity contribution in [1.82, 2.24) is 10.2 Å². The first kappa shape index (κ1) is 14.6. The van der Waals surface area contributed by atoms with Crippen molar-refractivity contribution in [3.05, 3.63) is 35.4 Å². The Labute approximate surface area is 110 Å². The summed E-state index contributed by atoms with van der Waals surface area (Å²) in [6, 6.07) is 9.50. The molecule has 96 valence electrons. The van der Waals surface area contributed by atoms with E-state index in [9.17, 15) is 0 Å². The molecule has 0 bridgehead atoms. The average Bonchev–Trinajstić information content (AvgIpc) is 2.32. The molecule has 1 aromatic rings. The summed E-state index contributed by atoms with van der Waals surface area (Å²) in [6.45, 7) is 4.26. The van der Waals surface area contributed by atoms with Gasteiger partial charge in [0.15, 0.2) is 0 Å². The van der Waals surface area contributed by atoms with Crippen LogP contribution in [-0.2, 0) is 13.1 Å². The molecule has 0 radical (unpaired) electrons. The molecule has 1 rings (SSSR count). The van der Waals surface area contributed by atoms with Gasteiger partial charge < -0.3 is 5.32 Å². The lowest BCUT2D eigenvalue weighted by atomic mass is 10.1. The molecule has 0 aliphatic rings. The second-order valence-corrected chi connectivity index (χ2v) is 5.48. The summed E-state index contributed by atoms with van der Waals surface area (Å²) in [6.07, 6.45) is 2.16. The minimum Gasteiger partial charge on any atom is -0.316 e. The largest absolute Gasteiger partial charge is 0.316 e. The first-order valence-corrected chi connectivity index (χ1v) is 7.48. The van der Waals surface area contributed by atoms with Crippen LogP contribution in [0.1, 0.15) is 18.1 Å². The van der Waals surface area contributed by atoms with E-state index in [2.05, 4.69) is 54.7 Å². The molecule has 1 N–H and O–H groups in total. The van der Waals surface area contributed by atoms with Gasteiger partial charge in [-0.1, -0.05) is 24.3 Å². The van der Waals surface area contributed by atoms with Crippen LogP contribution >= 0.6 is 11.8 Å². The molecule has 0 fully saturated rings. The summed E-state index contributed by atoms with van der Waals surface area (Å²) in [4.78, 5) is 2.41. The van der Waals surface area contributed by atoms with Gasteiger partial charge in [-0.15, -0.1) is 0 Å². The zero-order chi connectivity index (χ0) is 12.7. The third-order valence-corrected chi connectivity index (χ3v) is 3.81. The number of rotatable bonds is 7. The van der Waals surface area contributed by atoms with Gasteiger partial charge in [0, 0.05) is 24.9 Å². The highest BCUT2D eigenvalue weighted by molar-refractivity contribution is 7.98. The van der Waals surface area contributed by atoms with E-state index < -0.39 is 0 Å². The molecule has 17 heavy (non-hydrogen) atoms. The second kappa shape index (κ2) is 7.75. The second-order valence-electron chi connectivity index (χ2n) is 4.57. The minimum atomic E-state index is 0.627. The Balaban J connectivity index is 2.50. The van der Waals surface area contributed by atoms with Gasteiger partial charge in [-0.05, 0) is 38.4 Å². The third-order valence-electron chi connectivity index (χ3n) is 3.00. The minimum absolute atomic E-state index is 0.627. The van der Waals surface area contributed by atoms with Gasteiger partial charge in [-0.2, -0.15) is 11.8 Å². The molecule has 0 aliphatic carbocycles. The maximum Gasteiger partial charge on any atom is 0.0233 e. The van der Waals surface area contributed by atoms with Gasteiger partial charge in [0.2, 0.25) is 0 Å². The zero-order valence-electron chi connectivity index (χ0n) is 11.4. The fraction of sp³-hybridized carbons (Fsp3) is 0.571. The quantitative estimate of drug-likeness (QED) is 0.803. The van der Waals surface area contributed by atoms with Crippen molar-refractivity contribution >= 4 is 11.8 Å². The molecule has 3 heteroatoms. The average molecular weight is 252 g/mol. The highest BCUT2D eigenvalue weighted by atomic mass is 32.2. The van der Waals surface area contributed by atoms with Crippen LogP contribution in [0.15, 0.2) is 24.3 Å². The Hall–Kier alpha value is -0.510. The summed E-state index contributed by atoms with van der Waals surface area (Å²) in [7, 11) is 4.17. The van der Waals surface area contributed by atoms with E-state index in [1.807, 2.05) is 18.8 Å². The Kier molecular flexibility index (Phi) is 6.63. The first-order valence-electron chi connectivity index (χ1n) is 6.09. The molecular weight excluding hydrogens is 228 g/mol. The number of benzene rings is 1. The number of thioether (sulfide) groups is 1. The van der Waals surface area contributed by atoms with Crippen molar-refractivity contribution in [2.24, 2.45) is 0 Å². The van der Waals surface area contributed by atoms with Crippen molar-refractivity contribution in [2.45, 2.75) is 26.1 Å². The first-order chi connectivity index (χ1) is 8.17. The lowest BCUT2D eigenvalue weighted by Gasteiger charge is -2.24. The summed E-state index contributed by atoms with van der Waals surface area (Å²) in [5, 5.41) is 3.17. The lowest BCUT2D eigenvalue weighted by molar-refractivity contribution is 0.270. The highest BCUT2D eigenvalue weighted by Crippen LogP contribution is 2.10. The van der Waals surface area contributed by atoms with Crippen LogP contribution in [0.2, 0.25) is 0 Å². The van der Waals surface area contributed by atoms with Gasteiger partial charge >= 0.3 is 0 Å². The van der Waals surface area contributed by atoms with E-state index >= 15 is 0 Å². The number of hydrogen-bond donors (Lipinski definition) is 1. The smallest absolute Gasteiger partial charge is 0.0233 e. The van der Waals surface area contributed by atoms with Gasteiger partial charge in [0.25, 0.3) is 0 Å². The van der Waals surface area contributed by atoms with Crippen LogP contribution in [0.25, 0.3) is 0 Å². The van der Waals surface area contributed by atoms with Gasteiger partial charge in [0.05, 0.1) is 0 Å². The van der Waals surface area contributed by atoms with Gasteiger partial charge in [-0.3, -0.25) is 4.90 Å². The fourth-order valence-corrected chi connectivity index (χ4v) is 2.52. The Morgan fingerprint density at radius 3 is 2.35 bits per heavy atom. The van der Waals surface area contributed by atoms with E-state index in [-0.39, 0.29) is 0 Å². The zero-order valence-corrected chi connectivity index (χ0v) is 12.2. The monoisotopic (exact) mass is 252 g/mol. The van der Waals surface area contributed by atoms with E-state index in [1.54, 1.807) is 0 Å². The van der Waals surface area contributed by atoms with E-state index in [0.717, 1.165) is 13.1 Å². The molecule has 2 nitrogen and oxygen atoms in total. The number of hydrogen-bond acceptors (Lipinski definition) is 3. The van der Waals surface area contributed by atoms with Crippen molar-refractivity contribution in [2.75, 3.05) is 26.1 Å². The maximum atomic E-state index is 3.17. The fourth-order valence-electron chi connectivity index (χ4n) is 1.78. The molecule has 1 aromatic carbocycles. The van der Waals surface area contributed by atoms with E-state index in [1.165, 1.54) is 16.9 Å². The molecule has 0 saturated carbocycles. The van der Waals surface area contributed by atoms with Crippen molar-refractivity contribution in [3.63, 3.8) is 0 Å². The SMILES string of the molecule is CNCc1ccc(CN(C)C(C)CSC)cc1. The van der Waals surface area contributed by atoms with E-state index in [0.29, 0.717) is 6.04 Å². The van der Waals surface area contributed by atoms with Gasteiger partial charge in [-0.25, -0.2) is 0 Å². The molecule has 0 saturated heterocycles. The maximum absolute atomic E-state index is 3.17. The third kappa shape index (κ3) is 5.11. The van der Waals surface area contributed by atoms with Crippen LogP contribution < -0.4 is 5.32 Å². The van der Waals surface area contributed by atoms with Crippen LogP contribution in [0.3, 0.4) is 0 Å². The molecule has 0 aromatic heterocycles. The molecule has 0 spiro atoms. The Morgan fingerprint density at radius 1 is 1.24 bits per heavy atom. The van der Waals surface area contributed by atoms with Crippen LogP contribution in [-0.4, -0.2) is 37.0 Å². The molecule has 1 unspecified atom stereocenters. The molecule has 0 aliphatic heterocycles. The topological polar surface area (TPSA) is 15.3 Å². The van der Waals surface area contributed by atoms with Gasteiger partial charge in [0.1, 0.15) is 0 Å². The van der Waals surface area contributed by atoms with Crippen molar-refractivity contribution in [1.29, 1.82) is 0 Å². The standard InChI is InChI=1S/C14H24N2S/c1-12(11-17-4)16(3)10-14-7-5-13(6-8-14)9-15-2/h5-8,12,15H,9-11H2,1-4H3. The predicted molar refractivity (Wildman–Crippen MR) is 78.5 cm³/mol. The van der Waals surface area contributed by atoms with Crippen LogP contribution in [0.5, 0.6) is 0 Å². The van der Waals surface area contributed by atoms with Crippen LogP contribution in [0.4, 0.5) is 0 Å². The Morgan fingerprint density at radius 2 is 1.82 bits per heavy atom. The lowest BCUT2D eigenvalue weighted by Crippen LogP contribution is -2.30. The Bertz CT molecular complexity index is 311. The summed E-state index contributed by atoms with van der Waals surface area (Å²) < 4.78 is 0. The predicted octanol–water partition coefficient (Wildman–Crippen LogP) is 2.59. The summed E-state index contributed by atoms with van der Waals surface area (Å²) in [5.74, 6) is 1.19. The van der Waals surface area contributed by atoms with Crippen molar-refractivity contribution in [3.8, 4) is 0 Å². The molecule has 1 atom stereocenters. The highest BCUT2D eigenvalue weighted by Gasteiger charge is 2.08. The summed E-state index contributed by atoms with van der Waals surface area (Å²) in [5.41, 5.74) is 2.73.